The molecule has 0 saturated heterocycles. The van der Waals surface area contributed by atoms with Crippen LogP contribution in [0.3, 0.4) is 0 Å². The normalized spacial score (nSPS) is 11.0. The molecule has 1 N–H and O–H groups in total. The van der Waals surface area contributed by atoms with Gasteiger partial charge < -0.3 is 14.2 Å². The maximum absolute atomic E-state index is 12.7. The van der Waals surface area contributed by atoms with Gasteiger partial charge in [-0.25, -0.2) is 0 Å². The van der Waals surface area contributed by atoms with Crippen molar-refractivity contribution in [2.45, 2.75) is 31.7 Å². The minimum atomic E-state index is -4.24. The number of Topliss-reactive ketones (excluding diaryl/α,β-unsaturated/α-hetero) is 1. The van der Waals surface area contributed by atoms with Crippen molar-refractivity contribution in [1.82, 2.24) is 5.32 Å². The molecule has 2 aromatic carbocycles. The highest BCUT2D eigenvalue weighted by Gasteiger charge is 2.22. The van der Waals surface area contributed by atoms with Gasteiger partial charge in [-0.2, -0.15) is 8.42 Å². The van der Waals surface area contributed by atoms with Crippen LogP contribution in [0.25, 0.3) is 0 Å². The zero-order chi connectivity index (χ0) is 20.9. The number of benzene rings is 2. The molecular weight excluding hydrogens is 406 g/mol. The van der Waals surface area contributed by atoms with Crippen LogP contribution in [0.1, 0.15) is 36.2 Å². The Labute approximate surface area is 168 Å². The molecule has 0 saturated carbocycles. The number of amides is 1. The molecule has 150 valence electrons. The molecule has 0 radical (unpaired) electrons. The van der Waals surface area contributed by atoms with Crippen LogP contribution in [0.2, 0.25) is 5.02 Å². The van der Waals surface area contributed by atoms with Crippen molar-refractivity contribution >= 4 is 33.4 Å². The zero-order valence-electron chi connectivity index (χ0n) is 15.6. The summed E-state index contributed by atoms with van der Waals surface area (Å²) in [6, 6.07) is 8.24. The molecule has 0 aromatic heterocycles. The number of hydrogen-bond acceptors (Lipinski definition) is 6. The maximum Gasteiger partial charge on any atom is 0.339 e. The third-order valence-corrected chi connectivity index (χ3v) is 5.32. The van der Waals surface area contributed by atoms with Crippen molar-refractivity contribution in [2.24, 2.45) is 0 Å². The summed E-state index contributed by atoms with van der Waals surface area (Å²) >= 11 is 5.87. The molecule has 0 aliphatic rings. The molecule has 0 aliphatic carbocycles. The van der Waals surface area contributed by atoms with E-state index in [1.165, 1.54) is 50.4 Å². The summed E-state index contributed by atoms with van der Waals surface area (Å²) in [6.07, 6.45) is 0.299. The second-order valence-electron chi connectivity index (χ2n) is 5.84. The van der Waals surface area contributed by atoms with Crippen molar-refractivity contribution in [2.75, 3.05) is 7.11 Å². The summed E-state index contributed by atoms with van der Waals surface area (Å²) in [7, 11) is -2.79. The lowest BCUT2D eigenvalue weighted by molar-refractivity contribution is -0.120. The molecular formula is C19H20ClNO6S. The molecule has 7 nitrogen and oxygen atoms in total. The minimum Gasteiger partial charge on any atom is -0.496 e. The summed E-state index contributed by atoms with van der Waals surface area (Å²) in [4.78, 5) is 23.1. The average molecular weight is 426 g/mol. The van der Waals surface area contributed by atoms with Crippen LogP contribution in [0.5, 0.6) is 11.5 Å². The highest BCUT2D eigenvalue weighted by atomic mass is 35.5. The minimum absolute atomic E-state index is 0.0556. The van der Waals surface area contributed by atoms with Crippen LogP contribution in [0.4, 0.5) is 0 Å². The van der Waals surface area contributed by atoms with Crippen LogP contribution >= 0.6 is 11.6 Å². The van der Waals surface area contributed by atoms with Crippen LogP contribution in [0.15, 0.2) is 41.3 Å². The van der Waals surface area contributed by atoms with Gasteiger partial charge in [-0.15, -0.1) is 0 Å². The Kier molecular flexibility index (Phi) is 7.04. The highest BCUT2D eigenvalue weighted by Crippen LogP contribution is 2.28. The fourth-order valence-electron chi connectivity index (χ4n) is 2.38. The van der Waals surface area contributed by atoms with Gasteiger partial charge >= 0.3 is 10.1 Å². The molecule has 0 heterocycles. The molecule has 0 bridgehead atoms. The number of ketones is 1. The zero-order valence-corrected chi connectivity index (χ0v) is 17.2. The number of halogens is 1. The lowest BCUT2D eigenvalue weighted by atomic mass is 10.1. The van der Waals surface area contributed by atoms with E-state index < -0.39 is 10.1 Å². The van der Waals surface area contributed by atoms with E-state index in [-0.39, 0.29) is 39.5 Å². The van der Waals surface area contributed by atoms with Crippen LogP contribution in [0, 0.1) is 0 Å². The maximum atomic E-state index is 12.7. The third kappa shape index (κ3) is 5.24. The molecule has 0 fully saturated rings. The van der Waals surface area contributed by atoms with Crippen molar-refractivity contribution in [1.29, 1.82) is 0 Å². The van der Waals surface area contributed by atoms with Gasteiger partial charge in [0.2, 0.25) is 5.91 Å². The first-order chi connectivity index (χ1) is 13.2. The summed E-state index contributed by atoms with van der Waals surface area (Å²) < 4.78 is 35.8. The van der Waals surface area contributed by atoms with E-state index in [1.807, 2.05) is 0 Å². The summed E-state index contributed by atoms with van der Waals surface area (Å²) in [5, 5.41) is 2.95. The number of carbonyl (C=O) groups is 2. The van der Waals surface area contributed by atoms with E-state index in [2.05, 4.69) is 5.32 Å². The molecule has 0 spiro atoms. The molecule has 2 rings (SSSR count). The predicted octanol–water partition coefficient (Wildman–Crippen LogP) is 3.35. The van der Waals surface area contributed by atoms with E-state index in [0.717, 1.165) is 0 Å². The molecule has 1 amide bonds. The standard InChI is InChI=1S/C19H20ClNO6S/c1-4-19(23)21-11-13-9-15(6-8-17(13)26-3)28(24,25)27-18-7-5-14(20)10-16(18)12(2)22/h5-10H,4,11H2,1-3H3,(H,21,23). The van der Waals surface area contributed by atoms with Crippen molar-refractivity contribution in [3.8, 4) is 11.5 Å². The number of ether oxygens (including phenoxy) is 1. The van der Waals surface area contributed by atoms with E-state index in [0.29, 0.717) is 17.7 Å². The van der Waals surface area contributed by atoms with Gasteiger partial charge in [0.05, 0.1) is 12.7 Å². The second-order valence-corrected chi connectivity index (χ2v) is 7.82. The monoisotopic (exact) mass is 425 g/mol. The van der Waals surface area contributed by atoms with Gasteiger partial charge in [0, 0.05) is 23.6 Å². The van der Waals surface area contributed by atoms with Gasteiger partial charge in [-0.1, -0.05) is 18.5 Å². The molecule has 2 aromatic rings. The third-order valence-electron chi connectivity index (χ3n) is 3.86. The topological polar surface area (TPSA) is 98.8 Å². The molecule has 0 unspecified atom stereocenters. The van der Waals surface area contributed by atoms with E-state index in [4.69, 9.17) is 20.5 Å². The Hall–Kier alpha value is -2.58. The Bertz CT molecular complexity index is 1000. The summed E-state index contributed by atoms with van der Waals surface area (Å²) in [6.45, 7) is 3.09. The van der Waals surface area contributed by atoms with Gasteiger partial charge in [0.15, 0.2) is 11.5 Å². The fraction of sp³-hybridized carbons (Fsp3) is 0.263. The van der Waals surface area contributed by atoms with Gasteiger partial charge in [0.1, 0.15) is 10.6 Å². The average Bonchev–Trinajstić information content (AvgIpc) is 2.66. The van der Waals surface area contributed by atoms with Crippen molar-refractivity contribution in [3.05, 3.63) is 52.5 Å². The van der Waals surface area contributed by atoms with Gasteiger partial charge in [-0.3, -0.25) is 9.59 Å². The lowest BCUT2D eigenvalue weighted by Crippen LogP contribution is -2.22. The van der Waals surface area contributed by atoms with E-state index in [1.54, 1.807) is 6.92 Å². The number of hydrogen-bond donors (Lipinski definition) is 1. The number of methoxy groups -OCH3 is 1. The first-order valence-electron chi connectivity index (χ1n) is 8.36. The highest BCUT2D eigenvalue weighted by molar-refractivity contribution is 7.87. The van der Waals surface area contributed by atoms with Crippen LogP contribution in [-0.4, -0.2) is 27.2 Å². The van der Waals surface area contributed by atoms with Crippen molar-refractivity contribution in [3.63, 3.8) is 0 Å². The molecule has 28 heavy (non-hydrogen) atoms. The molecule has 0 atom stereocenters. The van der Waals surface area contributed by atoms with Gasteiger partial charge in [0.25, 0.3) is 0 Å². The number of rotatable bonds is 8. The van der Waals surface area contributed by atoms with Crippen LogP contribution in [-0.2, 0) is 21.5 Å². The predicted molar refractivity (Wildman–Crippen MR) is 104 cm³/mol. The Balaban J connectivity index is 2.38. The van der Waals surface area contributed by atoms with E-state index >= 15 is 0 Å². The lowest BCUT2D eigenvalue weighted by Gasteiger charge is -2.13. The largest absolute Gasteiger partial charge is 0.496 e. The van der Waals surface area contributed by atoms with E-state index in [9.17, 15) is 18.0 Å². The second kappa shape index (κ2) is 9.07. The van der Waals surface area contributed by atoms with Crippen molar-refractivity contribution < 1.29 is 26.9 Å². The Morgan fingerprint density at radius 2 is 1.79 bits per heavy atom. The first kappa shape index (κ1) is 21.7. The van der Waals surface area contributed by atoms with Gasteiger partial charge in [-0.05, 0) is 43.3 Å². The quantitative estimate of drug-likeness (QED) is 0.514. The SMILES string of the molecule is CCC(=O)NCc1cc(S(=O)(=O)Oc2ccc(Cl)cc2C(C)=O)ccc1OC. The fourth-order valence-corrected chi connectivity index (χ4v) is 3.56. The first-order valence-corrected chi connectivity index (χ1v) is 10.1. The summed E-state index contributed by atoms with van der Waals surface area (Å²) in [5.41, 5.74) is 0.525. The Morgan fingerprint density at radius 1 is 1.11 bits per heavy atom. The number of carbonyl (C=O) groups excluding carboxylic acids is 2. The number of nitrogens with one attached hydrogen (secondary N) is 1. The smallest absolute Gasteiger partial charge is 0.339 e. The molecule has 9 heteroatoms. The Morgan fingerprint density at radius 3 is 2.39 bits per heavy atom. The van der Waals surface area contributed by atoms with Crippen LogP contribution < -0.4 is 14.2 Å². The molecule has 0 aliphatic heterocycles. The summed E-state index contributed by atoms with van der Waals surface area (Å²) in [5.74, 6) is -0.260.